The SMILES string of the molecule is COc1ccccc1N1C[C@@H](NC(=O)[C@H](C)Cn2c(C)nc3ccccc32)CC1=O. The highest BCUT2D eigenvalue weighted by Crippen LogP contribution is 2.31. The zero-order valence-electron chi connectivity index (χ0n) is 17.5. The summed E-state index contributed by atoms with van der Waals surface area (Å²) in [5.41, 5.74) is 2.68. The maximum Gasteiger partial charge on any atom is 0.229 e. The molecule has 2 aromatic carbocycles. The molecular formula is C23H26N4O3. The van der Waals surface area contributed by atoms with Crippen molar-refractivity contribution >= 4 is 28.5 Å². The van der Waals surface area contributed by atoms with Crippen molar-refractivity contribution in [2.24, 2.45) is 5.92 Å². The van der Waals surface area contributed by atoms with Crippen molar-refractivity contribution in [2.75, 3.05) is 18.6 Å². The number of rotatable bonds is 6. The van der Waals surface area contributed by atoms with E-state index < -0.39 is 0 Å². The Balaban J connectivity index is 1.42. The molecule has 1 N–H and O–H groups in total. The maximum absolute atomic E-state index is 12.8. The average molecular weight is 406 g/mol. The van der Waals surface area contributed by atoms with Gasteiger partial charge in [-0.15, -0.1) is 0 Å². The van der Waals surface area contributed by atoms with Gasteiger partial charge in [0.2, 0.25) is 11.8 Å². The molecule has 0 saturated carbocycles. The van der Waals surface area contributed by atoms with E-state index in [1.165, 1.54) is 0 Å². The Kier molecular flexibility index (Phi) is 5.44. The summed E-state index contributed by atoms with van der Waals surface area (Å²) in [6.07, 6.45) is 0.281. The number of methoxy groups -OCH3 is 1. The summed E-state index contributed by atoms with van der Waals surface area (Å²) >= 11 is 0. The van der Waals surface area contributed by atoms with Crippen LogP contribution in [0.15, 0.2) is 48.5 Å². The topological polar surface area (TPSA) is 76.5 Å². The summed E-state index contributed by atoms with van der Waals surface area (Å²) in [7, 11) is 1.59. The molecule has 30 heavy (non-hydrogen) atoms. The van der Waals surface area contributed by atoms with E-state index in [-0.39, 0.29) is 30.2 Å². The number of nitrogens with one attached hydrogen (secondary N) is 1. The molecule has 1 fully saturated rings. The Labute approximate surface area is 175 Å². The number of hydrogen-bond acceptors (Lipinski definition) is 4. The third-order valence-corrected chi connectivity index (χ3v) is 5.60. The molecule has 7 heteroatoms. The number of hydrogen-bond donors (Lipinski definition) is 1. The molecule has 0 unspecified atom stereocenters. The van der Waals surface area contributed by atoms with E-state index >= 15 is 0 Å². The van der Waals surface area contributed by atoms with Crippen LogP contribution < -0.4 is 15.0 Å². The van der Waals surface area contributed by atoms with Crippen molar-refractivity contribution in [2.45, 2.75) is 32.9 Å². The van der Waals surface area contributed by atoms with Crippen molar-refractivity contribution in [1.29, 1.82) is 0 Å². The predicted octanol–water partition coefficient (Wildman–Crippen LogP) is 2.91. The maximum atomic E-state index is 12.8. The van der Waals surface area contributed by atoms with Gasteiger partial charge in [0.25, 0.3) is 0 Å². The normalized spacial score (nSPS) is 17.4. The van der Waals surface area contributed by atoms with E-state index in [0.29, 0.717) is 18.8 Å². The monoisotopic (exact) mass is 406 g/mol. The number of amides is 2. The summed E-state index contributed by atoms with van der Waals surface area (Å²) in [4.78, 5) is 31.7. The number of para-hydroxylation sites is 4. The quantitative estimate of drug-likeness (QED) is 0.683. The van der Waals surface area contributed by atoms with Crippen LogP contribution in [0.4, 0.5) is 5.69 Å². The molecule has 7 nitrogen and oxygen atoms in total. The molecule has 156 valence electrons. The third-order valence-electron chi connectivity index (χ3n) is 5.60. The molecular weight excluding hydrogens is 380 g/mol. The predicted molar refractivity (Wildman–Crippen MR) is 116 cm³/mol. The van der Waals surface area contributed by atoms with Crippen molar-refractivity contribution in [3.05, 3.63) is 54.4 Å². The average Bonchev–Trinajstić information content (AvgIpc) is 3.26. The van der Waals surface area contributed by atoms with Crippen LogP contribution in [0.3, 0.4) is 0 Å². The number of imidazole rings is 1. The molecule has 0 aliphatic carbocycles. The number of aromatic nitrogens is 2. The van der Waals surface area contributed by atoms with E-state index in [9.17, 15) is 9.59 Å². The lowest BCUT2D eigenvalue weighted by molar-refractivity contribution is -0.125. The van der Waals surface area contributed by atoms with Crippen molar-refractivity contribution in [1.82, 2.24) is 14.9 Å². The van der Waals surface area contributed by atoms with Crippen LogP contribution in [0.2, 0.25) is 0 Å². The number of anilines is 1. The van der Waals surface area contributed by atoms with Crippen LogP contribution in [0.5, 0.6) is 5.75 Å². The fourth-order valence-electron chi connectivity index (χ4n) is 4.02. The number of nitrogens with zero attached hydrogens (tertiary/aromatic N) is 3. The number of carbonyl (C=O) groups excluding carboxylic acids is 2. The van der Waals surface area contributed by atoms with Crippen LogP contribution in [0, 0.1) is 12.8 Å². The smallest absolute Gasteiger partial charge is 0.229 e. The summed E-state index contributed by atoms with van der Waals surface area (Å²) in [6.45, 7) is 4.82. The number of carbonyl (C=O) groups is 2. The molecule has 2 atom stereocenters. The van der Waals surface area contributed by atoms with E-state index in [1.807, 2.05) is 62.4 Å². The van der Waals surface area contributed by atoms with Crippen LogP contribution in [0.25, 0.3) is 11.0 Å². The molecule has 2 amide bonds. The van der Waals surface area contributed by atoms with Crippen molar-refractivity contribution < 1.29 is 14.3 Å². The minimum Gasteiger partial charge on any atom is -0.495 e. The molecule has 0 radical (unpaired) electrons. The first-order chi connectivity index (χ1) is 14.5. The first-order valence-corrected chi connectivity index (χ1v) is 10.1. The largest absolute Gasteiger partial charge is 0.495 e. The fourth-order valence-corrected chi connectivity index (χ4v) is 4.02. The number of fused-ring (bicyclic) bond motifs is 1. The van der Waals surface area contributed by atoms with Crippen LogP contribution >= 0.6 is 0 Å². The Morgan fingerprint density at radius 1 is 1.23 bits per heavy atom. The molecule has 4 rings (SSSR count). The Hall–Kier alpha value is -3.35. The highest BCUT2D eigenvalue weighted by molar-refractivity contribution is 5.98. The van der Waals surface area contributed by atoms with Crippen LogP contribution in [-0.4, -0.2) is 41.1 Å². The van der Waals surface area contributed by atoms with Gasteiger partial charge in [-0.05, 0) is 31.2 Å². The molecule has 1 aromatic heterocycles. The van der Waals surface area contributed by atoms with Crippen molar-refractivity contribution in [3.8, 4) is 5.75 Å². The minimum atomic E-state index is -0.253. The van der Waals surface area contributed by atoms with Gasteiger partial charge in [-0.1, -0.05) is 31.2 Å². The Bertz CT molecular complexity index is 1090. The third kappa shape index (κ3) is 3.75. The number of ether oxygens (including phenoxy) is 1. The summed E-state index contributed by atoms with van der Waals surface area (Å²) < 4.78 is 7.45. The van der Waals surface area contributed by atoms with Gasteiger partial charge in [0.05, 0.1) is 35.8 Å². The lowest BCUT2D eigenvalue weighted by Crippen LogP contribution is -2.41. The first-order valence-electron chi connectivity index (χ1n) is 10.1. The zero-order valence-corrected chi connectivity index (χ0v) is 17.5. The summed E-state index contributed by atoms with van der Waals surface area (Å²) in [5.74, 6) is 1.19. The minimum absolute atomic E-state index is 0.0195. The fraction of sp³-hybridized carbons (Fsp3) is 0.348. The molecule has 2 heterocycles. The van der Waals surface area contributed by atoms with Gasteiger partial charge in [-0.3, -0.25) is 9.59 Å². The van der Waals surface area contributed by atoms with Gasteiger partial charge in [0, 0.05) is 19.5 Å². The highest BCUT2D eigenvalue weighted by atomic mass is 16.5. The Morgan fingerprint density at radius 3 is 2.77 bits per heavy atom. The van der Waals surface area contributed by atoms with Gasteiger partial charge in [-0.25, -0.2) is 4.98 Å². The van der Waals surface area contributed by atoms with Gasteiger partial charge in [-0.2, -0.15) is 0 Å². The van der Waals surface area contributed by atoms with Gasteiger partial charge >= 0.3 is 0 Å². The zero-order chi connectivity index (χ0) is 21.3. The van der Waals surface area contributed by atoms with E-state index in [0.717, 1.165) is 22.5 Å². The summed E-state index contributed by atoms with van der Waals surface area (Å²) in [5, 5.41) is 3.05. The summed E-state index contributed by atoms with van der Waals surface area (Å²) in [6, 6.07) is 15.1. The molecule has 1 saturated heterocycles. The highest BCUT2D eigenvalue weighted by Gasteiger charge is 2.33. The molecule has 1 aliphatic rings. The second-order valence-corrected chi connectivity index (χ2v) is 7.75. The Morgan fingerprint density at radius 2 is 1.97 bits per heavy atom. The van der Waals surface area contributed by atoms with Gasteiger partial charge in [0.1, 0.15) is 11.6 Å². The lowest BCUT2D eigenvalue weighted by atomic mass is 10.1. The van der Waals surface area contributed by atoms with Gasteiger partial charge < -0.3 is 19.5 Å². The standard InChI is InChI=1S/C23H26N4O3/c1-15(13-26-16(2)24-18-8-4-5-9-19(18)26)23(29)25-17-12-22(28)27(14-17)20-10-6-7-11-21(20)30-3/h4-11,15,17H,12-14H2,1-3H3,(H,25,29)/t15-,17+/m1/s1. The molecule has 0 spiro atoms. The van der Waals surface area contributed by atoms with E-state index in [4.69, 9.17) is 4.74 Å². The van der Waals surface area contributed by atoms with Gasteiger partial charge in [0.15, 0.2) is 0 Å². The van der Waals surface area contributed by atoms with E-state index in [2.05, 4.69) is 14.9 Å². The lowest BCUT2D eigenvalue weighted by Gasteiger charge is -2.21. The molecule has 1 aliphatic heterocycles. The number of benzene rings is 2. The second kappa shape index (κ2) is 8.18. The van der Waals surface area contributed by atoms with Crippen molar-refractivity contribution in [3.63, 3.8) is 0 Å². The molecule has 0 bridgehead atoms. The van der Waals surface area contributed by atoms with Crippen LogP contribution in [-0.2, 0) is 16.1 Å². The van der Waals surface area contributed by atoms with E-state index in [1.54, 1.807) is 12.0 Å². The number of aryl methyl sites for hydroxylation is 1. The first kappa shape index (κ1) is 19.9. The molecule has 3 aromatic rings. The second-order valence-electron chi connectivity index (χ2n) is 7.75. The van der Waals surface area contributed by atoms with Crippen LogP contribution in [0.1, 0.15) is 19.2 Å².